The van der Waals surface area contributed by atoms with Gasteiger partial charge in [-0.3, -0.25) is 14.1 Å². The third-order valence-corrected chi connectivity index (χ3v) is 4.83. The zero-order chi connectivity index (χ0) is 17.7. The minimum atomic E-state index is -3.64. The minimum Gasteiger partial charge on any atom is -0.349 e. The lowest BCUT2D eigenvalue weighted by Gasteiger charge is -2.28. The van der Waals surface area contributed by atoms with Crippen molar-refractivity contribution in [3.05, 3.63) is 59.4 Å². The maximum atomic E-state index is 12.4. The molecule has 6 nitrogen and oxygen atoms in total. The second-order valence-electron chi connectivity index (χ2n) is 5.25. The number of anilines is 1. The van der Waals surface area contributed by atoms with Crippen LogP contribution in [0.2, 0.25) is 5.02 Å². The SMILES string of the molecule is C[C@H](C(=O)NCc1ccccn1)N(c1ccc(Cl)cc1)S(C)(=O)=O. The molecule has 2 aromatic rings. The monoisotopic (exact) mass is 367 g/mol. The molecule has 2 rings (SSSR count). The van der Waals surface area contributed by atoms with Gasteiger partial charge in [0.1, 0.15) is 6.04 Å². The zero-order valence-corrected chi connectivity index (χ0v) is 14.9. The van der Waals surface area contributed by atoms with E-state index in [1.54, 1.807) is 42.6 Å². The first kappa shape index (κ1) is 18.2. The van der Waals surface area contributed by atoms with Crippen LogP contribution in [0.3, 0.4) is 0 Å². The van der Waals surface area contributed by atoms with E-state index in [0.717, 1.165) is 10.6 Å². The summed E-state index contributed by atoms with van der Waals surface area (Å²) in [5.74, 6) is -0.416. The van der Waals surface area contributed by atoms with E-state index >= 15 is 0 Å². The zero-order valence-electron chi connectivity index (χ0n) is 13.3. The number of carbonyl (C=O) groups is 1. The summed E-state index contributed by atoms with van der Waals surface area (Å²) in [7, 11) is -3.64. The number of hydrogen-bond acceptors (Lipinski definition) is 4. The van der Waals surface area contributed by atoms with Gasteiger partial charge in [0.05, 0.1) is 24.2 Å². The molecule has 0 bridgehead atoms. The van der Waals surface area contributed by atoms with Gasteiger partial charge in [-0.2, -0.15) is 0 Å². The van der Waals surface area contributed by atoms with Crippen LogP contribution in [0.5, 0.6) is 0 Å². The lowest BCUT2D eigenvalue weighted by molar-refractivity contribution is -0.122. The standard InChI is InChI=1S/C16H18ClN3O3S/c1-12(16(21)19-11-14-5-3-4-10-18-14)20(24(2,22)23)15-8-6-13(17)7-9-15/h3-10,12H,11H2,1-2H3,(H,19,21)/t12-/m1/s1. The van der Waals surface area contributed by atoms with Crippen LogP contribution in [0.15, 0.2) is 48.7 Å². The van der Waals surface area contributed by atoms with Gasteiger partial charge in [-0.25, -0.2) is 8.42 Å². The van der Waals surface area contributed by atoms with Gasteiger partial charge in [-0.05, 0) is 43.3 Å². The van der Waals surface area contributed by atoms with Crippen molar-refractivity contribution in [3.63, 3.8) is 0 Å². The highest BCUT2D eigenvalue weighted by molar-refractivity contribution is 7.92. The van der Waals surface area contributed by atoms with E-state index in [-0.39, 0.29) is 6.54 Å². The molecule has 0 unspecified atom stereocenters. The van der Waals surface area contributed by atoms with Crippen LogP contribution in [-0.2, 0) is 21.4 Å². The van der Waals surface area contributed by atoms with Crippen molar-refractivity contribution in [1.82, 2.24) is 10.3 Å². The fraction of sp³-hybridized carbons (Fsp3) is 0.250. The Labute approximate surface area is 146 Å². The second-order valence-corrected chi connectivity index (χ2v) is 7.55. The van der Waals surface area contributed by atoms with E-state index in [9.17, 15) is 13.2 Å². The molecule has 0 spiro atoms. The lowest BCUT2D eigenvalue weighted by Crippen LogP contribution is -2.47. The third kappa shape index (κ3) is 4.69. The van der Waals surface area contributed by atoms with Crippen LogP contribution in [-0.4, -0.2) is 31.6 Å². The highest BCUT2D eigenvalue weighted by atomic mass is 35.5. The summed E-state index contributed by atoms with van der Waals surface area (Å²) >= 11 is 5.84. The molecule has 1 amide bonds. The van der Waals surface area contributed by atoms with Crippen LogP contribution in [0.25, 0.3) is 0 Å². The largest absolute Gasteiger partial charge is 0.349 e. The van der Waals surface area contributed by atoms with E-state index < -0.39 is 22.0 Å². The van der Waals surface area contributed by atoms with Crippen molar-refractivity contribution < 1.29 is 13.2 Å². The van der Waals surface area contributed by atoms with Gasteiger partial charge in [0, 0.05) is 11.2 Å². The van der Waals surface area contributed by atoms with Crippen molar-refractivity contribution in [2.24, 2.45) is 0 Å². The molecule has 128 valence electrons. The van der Waals surface area contributed by atoms with E-state index in [1.165, 1.54) is 6.92 Å². The summed E-state index contributed by atoms with van der Waals surface area (Å²) in [5.41, 5.74) is 1.07. The van der Waals surface area contributed by atoms with Crippen LogP contribution in [0.1, 0.15) is 12.6 Å². The molecule has 1 atom stereocenters. The number of benzene rings is 1. The number of rotatable bonds is 6. The smallest absolute Gasteiger partial charge is 0.243 e. The average Bonchev–Trinajstić information content (AvgIpc) is 2.54. The Morgan fingerprint density at radius 3 is 2.46 bits per heavy atom. The first-order valence-electron chi connectivity index (χ1n) is 7.21. The maximum Gasteiger partial charge on any atom is 0.243 e. The van der Waals surface area contributed by atoms with Gasteiger partial charge in [-0.15, -0.1) is 0 Å². The summed E-state index contributed by atoms with van der Waals surface area (Å²) in [6.45, 7) is 1.76. The fourth-order valence-corrected chi connectivity index (χ4v) is 3.53. The molecule has 1 aromatic heterocycles. The van der Waals surface area contributed by atoms with Crippen molar-refractivity contribution in [2.45, 2.75) is 19.5 Å². The number of pyridine rings is 1. The molecule has 0 fully saturated rings. The Morgan fingerprint density at radius 1 is 1.25 bits per heavy atom. The fourth-order valence-electron chi connectivity index (χ4n) is 2.22. The van der Waals surface area contributed by atoms with Crippen LogP contribution in [0, 0.1) is 0 Å². The van der Waals surface area contributed by atoms with E-state index in [4.69, 9.17) is 11.6 Å². The number of aromatic nitrogens is 1. The maximum absolute atomic E-state index is 12.4. The van der Waals surface area contributed by atoms with Crippen molar-refractivity contribution >= 4 is 33.2 Å². The number of halogens is 1. The summed E-state index contributed by atoms with van der Waals surface area (Å²) in [5, 5.41) is 3.18. The number of amides is 1. The van der Waals surface area contributed by atoms with Gasteiger partial charge < -0.3 is 5.32 Å². The van der Waals surface area contributed by atoms with Crippen LogP contribution < -0.4 is 9.62 Å². The Bertz CT molecular complexity index is 795. The molecular formula is C16H18ClN3O3S. The molecule has 1 N–H and O–H groups in total. The van der Waals surface area contributed by atoms with E-state index in [1.807, 2.05) is 6.07 Å². The van der Waals surface area contributed by atoms with E-state index in [0.29, 0.717) is 16.4 Å². The summed E-state index contributed by atoms with van der Waals surface area (Å²) in [6.07, 6.45) is 2.69. The number of carbonyl (C=O) groups excluding carboxylic acids is 1. The number of nitrogens with zero attached hydrogens (tertiary/aromatic N) is 2. The van der Waals surface area contributed by atoms with Gasteiger partial charge in [-0.1, -0.05) is 17.7 Å². The predicted octanol–water partition coefficient (Wildman–Crippen LogP) is 2.21. The first-order chi connectivity index (χ1) is 11.3. The Kier molecular flexibility index (Phi) is 5.80. The van der Waals surface area contributed by atoms with Crippen LogP contribution in [0.4, 0.5) is 5.69 Å². The first-order valence-corrected chi connectivity index (χ1v) is 9.44. The highest BCUT2D eigenvalue weighted by Crippen LogP contribution is 2.23. The number of sulfonamides is 1. The number of hydrogen-bond donors (Lipinski definition) is 1. The topological polar surface area (TPSA) is 79.4 Å². The molecule has 1 aromatic carbocycles. The van der Waals surface area contributed by atoms with Gasteiger partial charge >= 0.3 is 0 Å². The Morgan fingerprint density at radius 2 is 1.92 bits per heavy atom. The van der Waals surface area contributed by atoms with Crippen molar-refractivity contribution in [2.75, 3.05) is 10.6 Å². The highest BCUT2D eigenvalue weighted by Gasteiger charge is 2.28. The molecule has 0 radical (unpaired) electrons. The molecular weight excluding hydrogens is 350 g/mol. The molecule has 0 saturated heterocycles. The van der Waals surface area contributed by atoms with Gasteiger partial charge in [0.2, 0.25) is 15.9 Å². The molecule has 0 saturated carbocycles. The summed E-state index contributed by atoms with van der Waals surface area (Å²) < 4.78 is 25.3. The molecule has 0 aliphatic rings. The molecule has 0 aliphatic carbocycles. The third-order valence-electron chi connectivity index (χ3n) is 3.34. The molecule has 8 heteroatoms. The normalized spacial score (nSPS) is 12.5. The molecule has 1 heterocycles. The van der Waals surface area contributed by atoms with Gasteiger partial charge in [0.25, 0.3) is 0 Å². The van der Waals surface area contributed by atoms with E-state index in [2.05, 4.69) is 10.3 Å². The average molecular weight is 368 g/mol. The molecule has 24 heavy (non-hydrogen) atoms. The lowest BCUT2D eigenvalue weighted by atomic mass is 10.2. The van der Waals surface area contributed by atoms with Crippen molar-refractivity contribution in [1.29, 1.82) is 0 Å². The Hall–Kier alpha value is -2.12. The minimum absolute atomic E-state index is 0.224. The summed E-state index contributed by atoms with van der Waals surface area (Å²) in [6, 6.07) is 10.7. The second kappa shape index (κ2) is 7.63. The molecule has 0 aliphatic heterocycles. The Balaban J connectivity index is 2.17. The quantitative estimate of drug-likeness (QED) is 0.848. The van der Waals surface area contributed by atoms with Crippen LogP contribution >= 0.6 is 11.6 Å². The number of nitrogens with one attached hydrogen (secondary N) is 1. The van der Waals surface area contributed by atoms with Gasteiger partial charge in [0.15, 0.2) is 0 Å². The van der Waals surface area contributed by atoms with Crippen molar-refractivity contribution in [3.8, 4) is 0 Å². The summed E-state index contributed by atoms with van der Waals surface area (Å²) in [4.78, 5) is 16.5. The predicted molar refractivity (Wildman–Crippen MR) is 94.3 cm³/mol.